The van der Waals surface area contributed by atoms with Gasteiger partial charge in [0.05, 0.1) is 0 Å². The molecule has 1 amide bonds. The highest BCUT2D eigenvalue weighted by molar-refractivity contribution is 5.66. The first kappa shape index (κ1) is 16.2. The van der Waals surface area contributed by atoms with Crippen molar-refractivity contribution < 1.29 is 9.53 Å². The van der Waals surface area contributed by atoms with E-state index in [2.05, 4.69) is 38.2 Å². The van der Waals surface area contributed by atoms with Gasteiger partial charge in [0.25, 0.3) is 0 Å². The molecule has 0 aliphatic heterocycles. The molecule has 0 saturated heterocycles. The number of rotatable bonds is 6. The Morgan fingerprint density at radius 1 is 1.35 bits per heavy atom. The van der Waals surface area contributed by atoms with Crippen molar-refractivity contribution in [1.29, 1.82) is 0 Å². The van der Waals surface area contributed by atoms with Crippen molar-refractivity contribution in [3.8, 4) is 0 Å². The number of amides is 1. The number of carbonyl (C=O) groups excluding carboxylic acids is 1. The quantitative estimate of drug-likeness (QED) is 0.618. The van der Waals surface area contributed by atoms with Crippen LogP contribution in [0.2, 0.25) is 0 Å². The van der Waals surface area contributed by atoms with Crippen molar-refractivity contribution >= 4 is 6.09 Å². The summed E-state index contributed by atoms with van der Waals surface area (Å²) in [5.41, 5.74) is 6.56. The van der Waals surface area contributed by atoms with Crippen LogP contribution < -0.4 is 10.9 Å². The SMILES string of the molecule is C=CC[C@H](NNC(=O)OCc1ccccc1)C(C)(C)C. The average Bonchev–Trinajstić information content (AvgIpc) is 2.41. The average molecular weight is 276 g/mol. The van der Waals surface area contributed by atoms with Gasteiger partial charge in [-0.15, -0.1) is 6.58 Å². The molecule has 0 radical (unpaired) electrons. The van der Waals surface area contributed by atoms with Crippen LogP contribution >= 0.6 is 0 Å². The van der Waals surface area contributed by atoms with Gasteiger partial charge in [-0.05, 0) is 17.4 Å². The Morgan fingerprint density at radius 3 is 2.55 bits per heavy atom. The normalized spacial score (nSPS) is 12.6. The van der Waals surface area contributed by atoms with Crippen LogP contribution in [0.3, 0.4) is 0 Å². The van der Waals surface area contributed by atoms with Gasteiger partial charge >= 0.3 is 6.09 Å². The van der Waals surface area contributed by atoms with E-state index in [1.54, 1.807) is 0 Å². The van der Waals surface area contributed by atoms with Crippen molar-refractivity contribution in [3.05, 3.63) is 48.6 Å². The molecule has 0 unspecified atom stereocenters. The predicted molar refractivity (Wildman–Crippen MR) is 81.0 cm³/mol. The van der Waals surface area contributed by atoms with Crippen LogP contribution in [-0.4, -0.2) is 12.1 Å². The second-order valence-corrected chi connectivity index (χ2v) is 5.77. The molecule has 0 heterocycles. The summed E-state index contributed by atoms with van der Waals surface area (Å²) in [6.07, 6.45) is 2.12. The van der Waals surface area contributed by atoms with E-state index in [4.69, 9.17) is 4.74 Å². The van der Waals surface area contributed by atoms with Gasteiger partial charge in [0.15, 0.2) is 0 Å². The molecule has 0 aliphatic carbocycles. The van der Waals surface area contributed by atoms with E-state index in [1.807, 2.05) is 36.4 Å². The minimum absolute atomic E-state index is 0.0148. The number of hydrazine groups is 1. The van der Waals surface area contributed by atoms with E-state index in [-0.39, 0.29) is 18.1 Å². The Bertz CT molecular complexity index is 424. The van der Waals surface area contributed by atoms with Crippen molar-refractivity contribution in [3.63, 3.8) is 0 Å². The Morgan fingerprint density at radius 2 is 2.00 bits per heavy atom. The van der Waals surface area contributed by atoms with Crippen LogP contribution in [0.25, 0.3) is 0 Å². The van der Waals surface area contributed by atoms with Gasteiger partial charge in [0.2, 0.25) is 0 Å². The summed E-state index contributed by atoms with van der Waals surface area (Å²) in [7, 11) is 0. The lowest BCUT2D eigenvalue weighted by atomic mass is 9.85. The number of carbonyl (C=O) groups is 1. The second-order valence-electron chi connectivity index (χ2n) is 5.77. The highest BCUT2D eigenvalue weighted by Gasteiger charge is 2.23. The van der Waals surface area contributed by atoms with Crippen LogP contribution in [0, 0.1) is 5.41 Å². The molecular formula is C16H24N2O2. The van der Waals surface area contributed by atoms with E-state index in [9.17, 15) is 4.79 Å². The molecule has 0 spiro atoms. The number of ether oxygens (including phenoxy) is 1. The molecule has 1 atom stereocenters. The number of benzene rings is 1. The molecule has 1 aromatic rings. The van der Waals surface area contributed by atoms with Gasteiger partial charge in [-0.3, -0.25) is 5.43 Å². The van der Waals surface area contributed by atoms with Gasteiger partial charge < -0.3 is 4.74 Å². The molecular weight excluding hydrogens is 252 g/mol. The first-order valence-electron chi connectivity index (χ1n) is 6.76. The first-order valence-corrected chi connectivity index (χ1v) is 6.76. The molecule has 2 N–H and O–H groups in total. The van der Waals surface area contributed by atoms with Crippen LogP contribution in [0.15, 0.2) is 43.0 Å². The highest BCUT2D eigenvalue weighted by Crippen LogP contribution is 2.21. The molecule has 0 bridgehead atoms. The third-order valence-corrected chi connectivity index (χ3v) is 3.01. The lowest BCUT2D eigenvalue weighted by Crippen LogP contribution is -2.49. The fourth-order valence-corrected chi connectivity index (χ4v) is 1.70. The van der Waals surface area contributed by atoms with Crippen molar-refractivity contribution in [2.45, 2.75) is 39.8 Å². The van der Waals surface area contributed by atoms with Crippen molar-refractivity contribution in [2.75, 3.05) is 0 Å². The van der Waals surface area contributed by atoms with Crippen LogP contribution in [0.5, 0.6) is 0 Å². The van der Waals surface area contributed by atoms with Gasteiger partial charge in [-0.25, -0.2) is 10.2 Å². The number of hydrogen-bond acceptors (Lipinski definition) is 3. The summed E-state index contributed by atoms with van der Waals surface area (Å²) in [5.74, 6) is 0. The maximum atomic E-state index is 11.6. The van der Waals surface area contributed by atoms with Crippen LogP contribution in [0.4, 0.5) is 4.79 Å². The highest BCUT2D eigenvalue weighted by atomic mass is 16.6. The standard InChI is InChI=1S/C16H24N2O2/c1-5-9-14(16(2,3)4)17-18-15(19)20-12-13-10-7-6-8-11-13/h5-8,10-11,14,17H,1,9,12H2,2-4H3,(H,18,19)/t14-/m0/s1. The molecule has 0 aromatic heterocycles. The molecule has 110 valence electrons. The molecule has 1 rings (SSSR count). The molecule has 0 fully saturated rings. The van der Waals surface area contributed by atoms with E-state index >= 15 is 0 Å². The zero-order valence-electron chi connectivity index (χ0n) is 12.5. The van der Waals surface area contributed by atoms with Gasteiger partial charge in [-0.2, -0.15) is 0 Å². The summed E-state index contributed by atoms with van der Waals surface area (Å²) in [6.45, 7) is 10.3. The summed E-state index contributed by atoms with van der Waals surface area (Å²) in [5, 5.41) is 0. The summed E-state index contributed by atoms with van der Waals surface area (Å²) >= 11 is 0. The molecule has 1 aromatic carbocycles. The Balaban J connectivity index is 2.36. The summed E-state index contributed by atoms with van der Waals surface area (Å²) < 4.78 is 5.13. The Hall–Kier alpha value is -1.81. The van der Waals surface area contributed by atoms with Gasteiger partial charge in [0.1, 0.15) is 6.61 Å². The van der Waals surface area contributed by atoms with E-state index < -0.39 is 6.09 Å². The van der Waals surface area contributed by atoms with Crippen LogP contribution in [0.1, 0.15) is 32.8 Å². The van der Waals surface area contributed by atoms with Crippen LogP contribution in [-0.2, 0) is 11.3 Å². The molecule has 0 saturated carbocycles. The minimum atomic E-state index is -0.479. The fourth-order valence-electron chi connectivity index (χ4n) is 1.70. The first-order chi connectivity index (χ1) is 9.43. The zero-order chi connectivity index (χ0) is 15.0. The lowest BCUT2D eigenvalue weighted by Gasteiger charge is -2.30. The topological polar surface area (TPSA) is 50.4 Å². The summed E-state index contributed by atoms with van der Waals surface area (Å²) in [6, 6.07) is 9.67. The molecule has 4 nitrogen and oxygen atoms in total. The molecule has 4 heteroatoms. The Labute approximate surface area is 121 Å². The van der Waals surface area contributed by atoms with E-state index in [0.29, 0.717) is 0 Å². The Kier molecular flexibility index (Phi) is 6.25. The second kappa shape index (κ2) is 7.70. The molecule has 0 aliphatic rings. The fraction of sp³-hybridized carbons (Fsp3) is 0.438. The van der Waals surface area contributed by atoms with E-state index in [0.717, 1.165) is 12.0 Å². The number of nitrogens with one attached hydrogen (secondary N) is 2. The van der Waals surface area contributed by atoms with Crippen molar-refractivity contribution in [1.82, 2.24) is 10.9 Å². The third-order valence-electron chi connectivity index (χ3n) is 3.01. The van der Waals surface area contributed by atoms with E-state index in [1.165, 1.54) is 0 Å². The predicted octanol–water partition coefficient (Wildman–Crippen LogP) is 3.41. The minimum Gasteiger partial charge on any atom is -0.444 e. The molecule has 20 heavy (non-hydrogen) atoms. The van der Waals surface area contributed by atoms with Gasteiger partial charge in [-0.1, -0.05) is 57.2 Å². The number of hydrogen-bond donors (Lipinski definition) is 2. The zero-order valence-corrected chi connectivity index (χ0v) is 12.5. The smallest absolute Gasteiger partial charge is 0.421 e. The van der Waals surface area contributed by atoms with Crippen molar-refractivity contribution in [2.24, 2.45) is 5.41 Å². The third kappa shape index (κ3) is 5.89. The largest absolute Gasteiger partial charge is 0.444 e. The van der Waals surface area contributed by atoms with Gasteiger partial charge in [0, 0.05) is 6.04 Å². The monoisotopic (exact) mass is 276 g/mol. The maximum Gasteiger partial charge on any atom is 0.421 e. The maximum absolute atomic E-state index is 11.6. The summed E-state index contributed by atoms with van der Waals surface area (Å²) in [4.78, 5) is 11.6. The lowest BCUT2D eigenvalue weighted by molar-refractivity contribution is 0.127.